The maximum Gasteiger partial charge on any atom is 0.325 e. The first-order valence-corrected chi connectivity index (χ1v) is 6.26. The van der Waals surface area contributed by atoms with Crippen molar-refractivity contribution < 1.29 is 9.53 Å². The van der Waals surface area contributed by atoms with E-state index in [1.807, 2.05) is 24.7 Å². The predicted molar refractivity (Wildman–Crippen MR) is 67.8 cm³/mol. The Morgan fingerprint density at radius 1 is 1.76 bits per heavy atom. The Kier molecular flexibility index (Phi) is 4.59. The lowest BCUT2D eigenvalue weighted by Gasteiger charge is -2.24. The quantitative estimate of drug-likeness (QED) is 0.633. The molecular formula is C11H19N3O2S. The SMILES string of the molecule is COC(=O)C(C)(N)CC(C)Sc1nccn1C. The Morgan fingerprint density at radius 3 is 2.88 bits per heavy atom. The fourth-order valence-corrected chi connectivity index (χ4v) is 2.74. The molecule has 0 saturated heterocycles. The summed E-state index contributed by atoms with van der Waals surface area (Å²) in [4.78, 5) is 15.7. The molecule has 5 nitrogen and oxygen atoms in total. The number of rotatable bonds is 5. The van der Waals surface area contributed by atoms with Crippen molar-refractivity contribution in [1.82, 2.24) is 9.55 Å². The summed E-state index contributed by atoms with van der Waals surface area (Å²) < 4.78 is 6.62. The van der Waals surface area contributed by atoms with Crippen LogP contribution in [0.1, 0.15) is 20.3 Å². The van der Waals surface area contributed by atoms with Crippen LogP contribution < -0.4 is 5.73 Å². The zero-order valence-electron chi connectivity index (χ0n) is 10.6. The number of esters is 1. The molecule has 0 amide bonds. The number of methoxy groups -OCH3 is 1. The van der Waals surface area contributed by atoms with Crippen molar-refractivity contribution in [3.05, 3.63) is 12.4 Å². The number of carbonyl (C=O) groups excluding carboxylic acids is 1. The Labute approximate surface area is 106 Å². The molecule has 0 spiro atoms. The fourth-order valence-electron chi connectivity index (χ4n) is 1.60. The van der Waals surface area contributed by atoms with E-state index in [1.54, 1.807) is 24.9 Å². The van der Waals surface area contributed by atoms with Crippen LogP contribution in [0.2, 0.25) is 0 Å². The third kappa shape index (κ3) is 3.74. The van der Waals surface area contributed by atoms with Crippen LogP contribution in [0.15, 0.2) is 17.6 Å². The number of aromatic nitrogens is 2. The van der Waals surface area contributed by atoms with Crippen LogP contribution >= 0.6 is 11.8 Å². The predicted octanol–water partition coefficient (Wildman–Crippen LogP) is 1.18. The van der Waals surface area contributed by atoms with Gasteiger partial charge in [0, 0.05) is 24.7 Å². The monoisotopic (exact) mass is 257 g/mol. The van der Waals surface area contributed by atoms with Gasteiger partial charge in [-0.2, -0.15) is 0 Å². The number of hydrogen-bond donors (Lipinski definition) is 1. The lowest BCUT2D eigenvalue weighted by Crippen LogP contribution is -2.47. The maximum absolute atomic E-state index is 11.5. The van der Waals surface area contributed by atoms with Gasteiger partial charge in [-0.25, -0.2) is 4.98 Å². The van der Waals surface area contributed by atoms with Crippen LogP contribution in [0.25, 0.3) is 0 Å². The molecule has 1 aromatic heterocycles. The largest absolute Gasteiger partial charge is 0.468 e. The molecule has 17 heavy (non-hydrogen) atoms. The van der Waals surface area contributed by atoms with Gasteiger partial charge in [0.15, 0.2) is 5.16 Å². The summed E-state index contributed by atoms with van der Waals surface area (Å²) in [5, 5.41) is 1.10. The second-order valence-corrected chi connectivity index (χ2v) is 5.77. The summed E-state index contributed by atoms with van der Waals surface area (Å²) in [5.41, 5.74) is 4.97. The first kappa shape index (κ1) is 14.1. The molecule has 0 radical (unpaired) electrons. The minimum atomic E-state index is -0.952. The molecule has 0 bridgehead atoms. The van der Waals surface area contributed by atoms with E-state index in [4.69, 9.17) is 5.73 Å². The average molecular weight is 257 g/mol. The molecule has 0 saturated carbocycles. The highest BCUT2D eigenvalue weighted by molar-refractivity contribution is 7.99. The van der Waals surface area contributed by atoms with Gasteiger partial charge in [-0.1, -0.05) is 18.7 Å². The van der Waals surface area contributed by atoms with Crippen LogP contribution in [0, 0.1) is 0 Å². The first-order chi connectivity index (χ1) is 7.86. The third-order valence-electron chi connectivity index (χ3n) is 2.45. The minimum Gasteiger partial charge on any atom is -0.468 e. The van der Waals surface area contributed by atoms with Gasteiger partial charge in [-0.05, 0) is 13.3 Å². The molecule has 1 heterocycles. The van der Waals surface area contributed by atoms with Crippen molar-refractivity contribution >= 4 is 17.7 Å². The lowest BCUT2D eigenvalue weighted by molar-refractivity contribution is -0.146. The van der Waals surface area contributed by atoms with Crippen molar-refractivity contribution in [2.75, 3.05) is 7.11 Å². The maximum atomic E-state index is 11.5. The normalized spacial score (nSPS) is 16.3. The third-order valence-corrected chi connectivity index (χ3v) is 3.62. The topological polar surface area (TPSA) is 70.1 Å². The molecule has 6 heteroatoms. The lowest BCUT2D eigenvalue weighted by atomic mass is 9.98. The number of ether oxygens (including phenoxy) is 1. The zero-order chi connectivity index (χ0) is 13.1. The van der Waals surface area contributed by atoms with Gasteiger partial charge in [0.2, 0.25) is 0 Å². The molecule has 2 N–H and O–H groups in total. The number of nitrogens with two attached hydrogens (primary N) is 1. The van der Waals surface area contributed by atoms with E-state index < -0.39 is 5.54 Å². The van der Waals surface area contributed by atoms with Crippen molar-refractivity contribution in [3.63, 3.8) is 0 Å². The average Bonchev–Trinajstić information content (AvgIpc) is 2.62. The van der Waals surface area contributed by atoms with Gasteiger partial charge < -0.3 is 15.0 Å². The van der Waals surface area contributed by atoms with Gasteiger partial charge in [-0.15, -0.1) is 0 Å². The molecule has 1 aromatic rings. The molecular weight excluding hydrogens is 238 g/mol. The highest BCUT2D eigenvalue weighted by Crippen LogP contribution is 2.26. The van der Waals surface area contributed by atoms with Crippen molar-refractivity contribution in [3.8, 4) is 0 Å². The van der Waals surface area contributed by atoms with E-state index in [0.29, 0.717) is 6.42 Å². The Hall–Kier alpha value is -1.01. The second kappa shape index (κ2) is 5.55. The molecule has 0 aromatic carbocycles. The summed E-state index contributed by atoms with van der Waals surface area (Å²) in [5.74, 6) is -0.384. The molecule has 0 aliphatic carbocycles. The smallest absolute Gasteiger partial charge is 0.325 e. The Balaban J connectivity index is 2.58. The molecule has 1 rings (SSSR count). The van der Waals surface area contributed by atoms with Gasteiger partial charge in [0.05, 0.1) is 7.11 Å². The van der Waals surface area contributed by atoms with Crippen molar-refractivity contribution in [2.45, 2.75) is 36.2 Å². The number of imidazole rings is 1. The summed E-state index contributed by atoms with van der Waals surface area (Å²) in [7, 11) is 3.29. The number of nitrogens with zero attached hydrogens (tertiary/aromatic N) is 2. The van der Waals surface area contributed by atoms with Gasteiger partial charge >= 0.3 is 5.97 Å². The van der Waals surface area contributed by atoms with Crippen molar-refractivity contribution in [2.24, 2.45) is 12.8 Å². The van der Waals surface area contributed by atoms with Gasteiger partial charge in [-0.3, -0.25) is 4.79 Å². The number of hydrogen-bond acceptors (Lipinski definition) is 5. The molecule has 0 aliphatic rings. The molecule has 0 fully saturated rings. The Bertz CT molecular complexity index is 390. The highest BCUT2D eigenvalue weighted by Gasteiger charge is 2.31. The highest BCUT2D eigenvalue weighted by atomic mass is 32.2. The summed E-state index contributed by atoms with van der Waals surface area (Å²) in [6.07, 6.45) is 4.17. The van der Waals surface area contributed by atoms with Crippen LogP contribution in [0.5, 0.6) is 0 Å². The number of thioether (sulfide) groups is 1. The minimum absolute atomic E-state index is 0.185. The number of aryl methyl sites for hydroxylation is 1. The van der Waals surface area contributed by atoms with E-state index in [9.17, 15) is 4.79 Å². The van der Waals surface area contributed by atoms with E-state index in [0.717, 1.165) is 5.16 Å². The zero-order valence-corrected chi connectivity index (χ0v) is 11.5. The molecule has 0 aliphatic heterocycles. The standard InChI is InChI=1S/C11H19N3O2S/c1-8(7-11(2,12)9(15)16-4)17-10-13-5-6-14(10)3/h5-6,8H,7,12H2,1-4H3. The van der Waals surface area contributed by atoms with Crippen LogP contribution in [-0.4, -0.2) is 33.4 Å². The summed E-state index contributed by atoms with van der Waals surface area (Å²) >= 11 is 1.60. The first-order valence-electron chi connectivity index (χ1n) is 5.38. The Morgan fingerprint density at radius 2 is 2.41 bits per heavy atom. The molecule has 2 atom stereocenters. The second-order valence-electron chi connectivity index (χ2n) is 4.36. The van der Waals surface area contributed by atoms with Crippen LogP contribution in [-0.2, 0) is 16.6 Å². The van der Waals surface area contributed by atoms with Gasteiger partial charge in [0.25, 0.3) is 0 Å². The molecule has 2 unspecified atom stereocenters. The van der Waals surface area contributed by atoms with Crippen molar-refractivity contribution in [1.29, 1.82) is 0 Å². The summed E-state index contributed by atoms with van der Waals surface area (Å²) in [6.45, 7) is 3.71. The van der Waals surface area contributed by atoms with E-state index in [-0.39, 0.29) is 11.2 Å². The van der Waals surface area contributed by atoms with Crippen LogP contribution in [0.4, 0.5) is 0 Å². The van der Waals surface area contributed by atoms with E-state index in [1.165, 1.54) is 7.11 Å². The van der Waals surface area contributed by atoms with Gasteiger partial charge in [0.1, 0.15) is 5.54 Å². The van der Waals surface area contributed by atoms with E-state index in [2.05, 4.69) is 9.72 Å². The number of carbonyl (C=O) groups is 1. The van der Waals surface area contributed by atoms with Crippen LogP contribution in [0.3, 0.4) is 0 Å². The summed E-state index contributed by atoms with van der Waals surface area (Å²) in [6, 6.07) is 0. The molecule has 96 valence electrons. The fraction of sp³-hybridized carbons (Fsp3) is 0.636. The van der Waals surface area contributed by atoms with E-state index >= 15 is 0 Å².